The molecule has 23 heavy (non-hydrogen) atoms. The van der Waals surface area contributed by atoms with Crippen LogP contribution in [0.3, 0.4) is 0 Å². The normalized spacial score (nSPS) is 15.7. The minimum Gasteiger partial charge on any atom is -0.379 e. The van der Waals surface area contributed by atoms with Gasteiger partial charge in [0.05, 0.1) is 4.58 Å². The standard InChI is InChI=1S/C15H12Br2O3S3/c16-11-3-6-14(13(17)9-11)23(18,19)20-12-4-1-10(2-5-12)15-21-7-8-22-15/h1-6,9,15H,7-8H2. The van der Waals surface area contributed by atoms with Crippen molar-refractivity contribution in [2.75, 3.05) is 11.5 Å². The van der Waals surface area contributed by atoms with E-state index >= 15 is 0 Å². The summed E-state index contributed by atoms with van der Waals surface area (Å²) in [6.45, 7) is 0. The maximum absolute atomic E-state index is 12.4. The van der Waals surface area contributed by atoms with E-state index in [1.165, 1.54) is 11.6 Å². The van der Waals surface area contributed by atoms with E-state index in [0.717, 1.165) is 16.0 Å². The summed E-state index contributed by atoms with van der Waals surface area (Å²) in [4.78, 5) is 0.103. The molecular weight excluding hydrogens is 484 g/mol. The van der Waals surface area contributed by atoms with Gasteiger partial charge in [0.1, 0.15) is 10.6 Å². The molecule has 0 N–H and O–H groups in total. The Balaban J connectivity index is 1.80. The highest BCUT2D eigenvalue weighted by Gasteiger charge is 2.21. The van der Waals surface area contributed by atoms with Crippen LogP contribution in [0.25, 0.3) is 0 Å². The average molecular weight is 496 g/mol. The van der Waals surface area contributed by atoms with Gasteiger partial charge in [-0.2, -0.15) is 8.42 Å². The topological polar surface area (TPSA) is 43.4 Å². The van der Waals surface area contributed by atoms with E-state index in [4.69, 9.17) is 4.18 Å². The lowest BCUT2D eigenvalue weighted by molar-refractivity contribution is 0.485. The van der Waals surface area contributed by atoms with Gasteiger partial charge in [0.2, 0.25) is 0 Å². The number of halogens is 2. The summed E-state index contributed by atoms with van der Waals surface area (Å²) in [7, 11) is -3.87. The second kappa shape index (κ2) is 7.39. The SMILES string of the molecule is O=S(=O)(Oc1ccc(C2SCCS2)cc1)c1ccc(Br)cc1Br. The predicted octanol–water partition coefficient (Wildman–Crippen LogP) is 5.46. The van der Waals surface area contributed by atoms with Crippen molar-refractivity contribution in [2.45, 2.75) is 9.48 Å². The van der Waals surface area contributed by atoms with Gasteiger partial charge in [-0.1, -0.05) is 28.1 Å². The summed E-state index contributed by atoms with van der Waals surface area (Å²) in [5.74, 6) is 2.62. The summed E-state index contributed by atoms with van der Waals surface area (Å²) in [6, 6.07) is 12.1. The van der Waals surface area contributed by atoms with Crippen molar-refractivity contribution >= 4 is 65.5 Å². The molecule has 0 bridgehead atoms. The molecule has 0 unspecified atom stereocenters. The van der Waals surface area contributed by atoms with E-state index in [-0.39, 0.29) is 4.90 Å². The van der Waals surface area contributed by atoms with Crippen LogP contribution in [0, 0.1) is 0 Å². The van der Waals surface area contributed by atoms with Crippen LogP contribution < -0.4 is 4.18 Å². The predicted molar refractivity (Wildman–Crippen MR) is 104 cm³/mol. The quantitative estimate of drug-likeness (QED) is 0.527. The third-order valence-electron chi connectivity index (χ3n) is 3.14. The van der Waals surface area contributed by atoms with Crippen LogP contribution in [-0.2, 0) is 10.1 Å². The zero-order valence-corrected chi connectivity index (χ0v) is 17.4. The Morgan fingerprint density at radius 1 is 1.00 bits per heavy atom. The summed E-state index contributed by atoms with van der Waals surface area (Å²) >= 11 is 10.4. The zero-order valence-electron chi connectivity index (χ0n) is 11.7. The van der Waals surface area contributed by atoms with E-state index in [9.17, 15) is 8.42 Å². The highest BCUT2D eigenvalue weighted by atomic mass is 79.9. The van der Waals surface area contributed by atoms with Gasteiger partial charge in [0.15, 0.2) is 0 Å². The molecule has 1 fully saturated rings. The van der Waals surface area contributed by atoms with Gasteiger partial charge >= 0.3 is 10.1 Å². The van der Waals surface area contributed by atoms with Crippen molar-refractivity contribution in [1.82, 2.24) is 0 Å². The first-order valence-electron chi connectivity index (χ1n) is 6.68. The van der Waals surface area contributed by atoms with Gasteiger partial charge in [-0.3, -0.25) is 0 Å². The molecule has 0 spiro atoms. The van der Waals surface area contributed by atoms with Gasteiger partial charge in [0, 0.05) is 20.5 Å². The summed E-state index contributed by atoms with van der Waals surface area (Å²) in [5, 5.41) is 0. The molecule has 3 rings (SSSR count). The Kier molecular flexibility index (Phi) is 5.68. The number of thioether (sulfide) groups is 2. The summed E-state index contributed by atoms with van der Waals surface area (Å²) in [5.41, 5.74) is 1.19. The van der Waals surface area contributed by atoms with E-state index in [1.807, 2.05) is 35.7 Å². The maximum Gasteiger partial charge on any atom is 0.340 e. The Bertz CT molecular complexity index is 801. The summed E-state index contributed by atoms with van der Waals surface area (Å²) < 4.78 is 31.7. The fourth-order valence-corrected chi connectivity index (χ4v) is 7.57. The number of hydrogen-bond donors (Lipinski definition) is 0. The van der Waals surface area contributed by atoms with Gasteiger partial charge in [-0.15, -0.1) is 23.5 Å². The van der Waals surface area contributed by atoms with Crippen LogP contribution >= 0.6 is 55.4 Å². The molecule has 0 radical (unpaired) electrons. The smallest absolute Gasteiger partial charge is 0.340 e. The van der Waals surface area contributed by atoms with Gasteiger partial charge in [0.25, 0.3) is 0 Å². The van der Waals surface area contributed by atoms with Crippen LogP contribution in [-0.4, -0.2) is 19.9 Å². The Labute approximate surface area is 161 Å². The van der Waals surface area contributed by atoms with Crippen molar-refractivity contribution in [3.63, 3.8) is 0 Å². The van der Waals surface area contributed by atoms with Crippen molar-refractivity contribution in [1.29, 1.82) is 0 Å². The first-order chi connectivity index (χ1) is 11.0. The number of hydrogen-bond acceptors (Lipinski definition) is 5. The molecule has 122 valence electrons. The molecule has 3 nitrogen and oxygen atoms in total. The van der Waals surface area contributed by atoms with Crippen molar-refractivity contribution in [3.8, 4) is 5.75 Å². The highest BCUT2D eigenvalue weighted by Crippen LogP contribution is 2.45. The van der Waals surface area contributed by atoms with Crippen molar-refractivity contribution in [2.24, 2.45) is 0 Å². The zero-order chi connectivity index (χ0) is 16.4. The molecule has 0 saturated carbocycles. The Hall–Kier alpha value is -0.150. The molecule has 2 aromatic carbocycles. The molecule has 0 aliphatic carbocycles. The second-order valence-electron chi connectivity index (χ2n) is 4.75. The molecule has 8 heteroatoms. The molecule has 1 heterocycles. The fraction of sp³-hybridized carbons (Fsp3) is 0.200. The highest BCUT2D eigenvalue weighted by molar-refractivity contribution is 9.11. The lowest BCUT2D eigenvalue weighted by Gasteiger charge is -2.11. The van der Waals surface area contributed by atoms with E-state index in [2.05, 4.69) is 31.9 Å². The van der Waals surface area contributed by atoms with Crippen molar-refractivity contribution in [3.05, 3.63) is 57.0 Å². The number of benzene rings is 2. The second-order valence-corrected chi connectivity index (χ2v) is 10.8. The molecule has 1 saturated heterocycles. The number of rotatable bonds is 4. The van der Waals surface area contributed by atoms with Crippen molar-refractivity contribution < 1.29 is 12.6 Å². The van der Waals surface area contributed by atoms with Gasteiger partial charge in [-0.25, -0.2) is 0 Å². The largest absolute Gasteiger partial charge is 0.379 e. The van der Waals surface area contributed by atoms with Gasteiger partial charge in [-0.05, 0) is 51.8 Å². The molecule has 0 amide bonds. The Morgan fingerprint density at radius 3 is 2.26 bits per heavy atom. The maximum atomic E-state index is 12.4. The van der Waals surface area contributed by atoms with Crippen LogP contribution in [0.2, 0.25) is 0 Å². The van der Waals surface area contributed by atoms with E-state index in [1.54, 1.807) is 24.3 Å². The first-order valence-corrected chi connectivity index (χ1v) is 11.8. The van der Waals surface area contributed by atoms with Crippen LogP contribution in [0.15, 0.2) is 56.3 Å². The molecule has 0 aromatic heterocycles. The fourth-order valence-electron chi connectivity index (χ4n) is 2.08. The minimum absolute atomic E-state index is 0.103. The molecular formula is C15H12Br2O3S3. The third-order valence-corrected chi connectivity index (χ3v) is 8.97. The van der Waals surface area contributed by atoms with E-state index in [0.29, 0.717) is 14.8 Å². The van der Waals surface area contributed by atoms with Crippen LogP contribution in [0.1, 0.15) is 10.1 Å². The molecule has 1 aliphatic heterocycles. The Morgan fingerprint density at radius 2 is 1.65 bits per heavy atom. The van der Waals surface area contributed by atoms with Crippen LogP contribution in [0.5, 0.6) is 5.75 Å². The molecule has 0 atom stereocenters. The summed E-state index contributed by atoms with van der Waals surface area (Å²) in [6.07, 6.45) is 0. The first kappa shape index (κ1) is 17.7. The lowest BCUT2D eigenvalue weighted by Crippen LogP contribution is -2.10. The van der Waals surface area contributed by atoms with Crippen LogP contribution in [0.4, 0.5) is 0 Å². The lowest BCUT2D eigenvalue weighted by atomic mass is 10.2. The monoisotopic (exact) mass is 494 g/mol. The van der Waals surface area contributed by atoms with E-state index < -0.39 is 10.1 Å². The third kappa shape index (κ3) is 4.28. The average Bonchev–Trinajstić information content (AvgIpc) is 3.01. The van der Waals surface area contributed by atoms with Gasteiger partial charge < -0.3 is 4.18 Å². The molecule has 2 aromatic rings. The molecule has 1 aliphatic rings. The minimum atomic E-state index is -3.87.